The van der Waals surface area contributed by atoms with Gasteiger partial charge in [0.2, 0.25) is 0 Å². The van der Waals surface area contributed by atoms with Crippen LogP contribution in [0.15, 0.2) is 33.8 Å². The van der Waals surface area contributed by atoms with Crippen molar-refractivity contribution in [2.75, 3.05) is 38.3 Å². The van der Waals surface area contributed by atoms with E-state index in [4.69, 9.17) is 9.72 Å². The molecule has 208 valence electrons. The van der Waals surface area contributed by atoms with Crippen LogP contribution in [-0.2, 0) is 14.6 Å². The van der Waals surface area contributed by atoms with Crippen LogP contribution in [0.4, 0.5) is 15.6 Å². The zero-order chi connectivity index (χ0) is 28.1. The topological polar surface area (TPSA) is 122 Å². The molecule has 1 atom stereocenters. The first-order valence-electron chi connectivity index (χ1n) is 12.7. The minimum Gasteiger partial charge on any atom is -0.444 e. The molecular weight excluding hydrogens is 538 g/mol. The lowest BCUT2D eigenvalue weighted by Gasteiger charge is -2.30. The fourth-order valence-electron chi connectivity index (χ4n) is 4.69. The maximum absolute atomic E-state index is 12.8. The van der Waals surface area contributed by atoms with Crippen LogP contribution in [0.1, 0.15) is 50.1 Å². The van der Waals surface area contributed by atoms with E-state index >= 15 is 0 Å². The van der Waals surface area contributed by atoms with Gasteiger partial charge >= 0.3 is 6.09 Å². The monoisotopic (exact) mass is 571 g/mol. The zero-order valence-corrected chi connectivity index (χ0v) is 24.6. The minimum atomic E-state index is -3.35. The summed E-state index contributed by atoms with van der Waals surface area (Å²) < 4.78 is 32.4. The van der Waals surface area contributed by atoms with E-state index in [1.54, 1.807) is 17.9 Å². The highest BCUT2D eigenvalue weighted by Gasteiger charge is 2.27. The molecular formula is C26H33N7O4S2. The lowest BCUT2D eigenvalue weighted by molar-refractivity contribution is 0.0273. The first-order chi connectivity index (χ1) is 18.3. The van der Waals surface area contributed by atoms with Crippen LogP contribution in [-0.4, -0.2) is 83.5 Å². The SMILES string of the molecule is Cc1cc(Nc2nc(C3=CCCN(C(=O)OC(C)(C)C)C3)cn3c(C4C=NN(C)C4)cnc23)sc1S(C)(=O)=O. The number of imidazole rings is 1. The van der Waals surface area contributed by atoms with Crippen molar-refractivity contribution in [3.05, 3.63) is 41.5 Å². The van der Waals surface area contributed by atoms with E-state index in [-0.39, 0.29) is 12.0 Å². The summed E-state index contributed by atoms with van der Waals surface area (Å²) in [5, 5.41) is 10.2. The fourth-order valence-corrected chi connectivity index (χ4v) is 7.01. The van der Waals surface area contributed by atoms with Gasteiger partial charge in [-0.3, -0.25) is 9.41 Å². The molecule has 3 aromatic rings. The lowest BCUT2D eigenvalue weighted by atomic mass is 10.1. The number of hydrogen-bond acceptors (Lipinski definition) is 10. The minimum absolute atomic E-state index is 0.0486. The highest BCUT2D eigenvalue weighted by Crippen LogP contribution is 2.34. The summed E-state index contributed by atoms with van der Waals surface area (Å²) in [5.41, 5.74) is 3.26. The van der Waals surface area contributed by atoms with Gasteiger partial charge in [0.1, 0.15) is 9.81 Å². The van der Waals surface area contributed by atoms with E-state index in [2.05, 4.69) is 21.5 Å². The molecule has 1 unspecified atom stereocenters. The first-order valence-corrected chi connectivity index (χ1v) is 15.4. The molecule has 0 aliphatic carbocycles. The average Bonchev–Trinajstić information content (AvgIpc) is 3.55. The van der Waals surface area contributed by atoms with E-state index in [1.165, 1.54) is 17.6 Å². The molecule has 5 heterocycles. The van der Waals surface area contributed by atoms with Crippen LogP contribution in [0.3, 0.4) is 0 Å². The molecule has 0 spiro atoms. The molecule has 13 heteroatoms. The van der Waals surface area contributed by atoms with Crippen molar-refractivity contribution in [2.45, 2.75) is 49.8 Å². The molecule has 2 aliphatic rings. The largest absolute Gasteiger partial charge is 0.444 e. The van der Waals surface area contributed by atoms with Crippen LogP contribution in [0, 0.1) is 6.92 Å². The molecule has 0 saturated carbocycles. The molecule has 5 rings (SSSR count). The van der Waals surface area contributed by atoms with Crippen molar-refractivity contribution in [1.82, 2.24) is 24.3 Å². The molecule has 0 fully saturated rings. The number of likely N-dealkylation sites (N-methyl/N-ethyl adjacent to an activating group) is 1. The van der Waals surface area contributed by atoms with E-state index in [0.29, 0.717) is 51.4 Å². The Morgan fingerprint density at radius 3 is 2.69 bits per heavy atom. The van der Waals surface area contributed by atoms with Crippen molar-refractivity contribution in [1.29, 1.82) is 0 Å². The van der Waals surface area contributed by atoms with Gasteiger partial charge in [-0.1, -0.05) is 6.08 Å². The average molecular weight is 572 g/mol. The second-order valence-electron chi connectivity index (χ2n) is 11.0. The van der Waals surface area contributed by atoms with Crippen LogP contribution in [0.25, 0.3) is 11.2 Å². The van der Waals surface area contributed by atoms with E-state index in [9.17, 15) is 13.2 Å². The highest BCUT2D eigenvalue weighted by molar-refractivity contribution is 7.92. The van der Waals surface area contributed by atoms with Gasteiger partial charge < -0.3 is 15.0 Å². The third-order valence-electron chi connectivity index (χ3n) is 6.39. The number of carbonyl (C=O) groups excluding carboxylic acids is 1. The van der Waals surface area contributed by atoms with E-state index < -0.39 is 15.4 Å². The zero-order valence-electron chi connectivity index (χ0n) is 22.9. The second-order valence-corrected chi connectivity index (χ2v) is 14.2. The Kier molecular flexibility index (Phi) is 6.91. The number of carbonyl (C=O) groups is 1. The van der Waals surface area contributed by atoms with Gasteiger partial charge in [-0.05, 0) is 51.3 Å². The number of hydrogen-bond donors (Lipinski definition) is 1. The molecule has 0 saturated heterocycles. The van der Waals surface area contributed by atoms with Gasteiger partial charge in [-0.25, -0.2) is 23.2 Å². The van der Waals surface area contributed by atoms with Crippen LogP contribution in [0.5, 0.6) is 0 Å². The molecule has 39 heavy (non-hydrogen) atoms. The number of rotatable bonds is 5. The highest BCUT2D eigenvalue weighted by atomic mass is 32.2. The molecule has 3 aromatic heterocycles. The Morgan fingerprint density at radius 1 is 1.28 bits per heavy atom. The fraction of sp³-hybridized carbons (Fsp3) is 0.462. The lowest BCUT2D eigenvalue weighted by Crippen LogP contribution is -2.39. The van der Waals surface area contributed by atoms with E-state index in [0.717, 1.165) is 17.8 Å². The maximum Gasteiger partial charge on any atom is 0.410 e. The molecule has 1 N–H and O–H groups in total. The molecule has 11 nitrogen and oxygen atoms in total. The summed E-state index contributed by atoms with van der Waals surface area (Å²) in [6, 6.07) is 1.80. The third kappa shape index (κ3) is 5.78. The Labute approximate surface area is 232 Å². The number of nitrogens with one attached hydrogen (secondary N) is 1. The van der Waals surface area contributed by atoms with Crippen LogP contribution in [0.2, 0.25) is 0 Å². The van der Waals surface area contributed by atoms with Gasteiger partial charge in [-0.2, -0.15) is 5.10 Å². The number of aromatic nitrogens is 3. The third-order valence-corrected chi connectivity index (χ3v) is 9.49. The molecule has 0 aromatic carbocycles. The van der Waals surface area contributed by atoms with Gasteiger partial charge in [-0.15, -0.1) is 11.3 Å². The molecule has 0 radical (unpaired) electrons. The predicted octanol–water partition coefficient (Wildman–Crippen LogP) is 4.29. The molecule has 2 aliphatic heterocycles. The summed E-state index contributed by atoms with van der Waals surface area (Å²) in [5.74, 6) is 0.547. The molecule has 1 amide bonds. The number of hydrazone groups is 1. The van der Waals surface area contributed by atoms with Crippen LogP contribution >= 0.6 is 11.3 Å². The quantitative estimate of drug-likeness (QED) is 0.482. The number of anilines is 2. The number of amides is 1. The van der Waals surface area contributed by atoms with Crippen LogP contribution < -0.4 is 5.32 Å². The Hall–Kier alpha value is -3.45. The summed E-state index contributed by atoms with van der Waals surface area (Å²) in [6.45, 7) is 8.99. The molecule has 0 bridgehead atoms. The maximum atomic E-state index is 12.8. The first kappa shape index (κ1) is 27.1. The van der Waals surface area contributed by atoms with Crippen molar-refractivity contribution >= 4 is 55.5 Å². The van der Waals surface area contributed by atoms with E-state index in [1.807, 2.05) is 55.8 Å². The smallest absolute Gasteiger partial charge is 0.410 e. The second kappa shape index (κ2) is 9.94. The van der Waals surface area contributed by atoms with Crippen molar-refractivity contribution in [3.8, 4) is 0 Å². The number of sulfone groups is 1. The number of nitrogens with zero attached hydrogens (tertiary/aromatic N) is 6. The number of thiophene rings is 1. The van der Waals surface area contributed by atoms with Gasteiger partial charge in [0.15, 0.2) is 21.3 Å². The standard InChI is InChI=1S/C26H33N7O4S2/c1-16-10-21(38-24(16)39(6,35)36)30-22-23-27-12-20(18-11-28-31(5)13-18)33(23)15-19(29-22)17-8-7-9-32(14-17)25(34)37-26(2,3)4/h8,10-12,15,18H,7,9,13-14H2,1-6H3,(H,29,30). The van der Waals surface area contributed by atoms with Gasteiger partial charge in [0, 0.05) is 38.8 Å². The Bertz CT molecular complexity index is 1600. The Morgan fingerprint density at radius 2 is 2.05 bits per heavy atom. The summed E-state index contributed by atoms with van der Waals surface area (Å²) in [7, 11) is -1.43. The van der Waals surface area contributed by atoms with Crippen molar-refractivity contribution < 1.29 is 17.9 Å². The summed E-state index contributed by atoms with van der Waals surface area (Å²) >= 11 is 1.17. The summed E-state index contributed by atoms with van der Waals surface area (Å²) in [6.07, 6.45) is 9.30. The normalized spacial score (nSPS) is 18.1. The number of aryl methyl sites for hydroxylation is 1. The van der Waals surface area contributed by atoms with Crippen molar-refractivity contribution in [3.63, 3.8) is 0 Å². The number of fused-ring (bicyclic) bond motifs is 1. The number of ether oxygens (including phenoxy) is 1. The van der Waals surface area contributed by atoms with Gasteiger partial charge in [0.25, 0.3) is 0 Å². The summed E-state index contributed by atoms with van der Waals surface area (Å²) in [4.78, 5) is 24.1. The van der Waals surface area contributed by atoms with Gasteiger partial charge in [0.05, 0.1) is 35.0 Å². The Balaban J connectivity index is 1.55. The van der Waals surface area contributed by atoms with Crippen molar-refractivity contribution in [2.24, 2.45) is 5.10 Å². The predicted molar refractivity (Wildman–Crippen MR) is 153 cm³/mol.